The van der Waals surface area contributed by atoms with E-state index in [2.05, 4.69) is 20.4 Å². The molecule has 1 aliphatic heterocycles. The number of nitrogens with zero attached hydrogens (tertiary/aromatic N) is 2. The lowest BCUT2D eigenvalue weighted by atomic mass is 9.80. The lowest BCUT2D eigenvalue weighted by molar-refractivity contribution is 0.0707. The number of hydrogen-bond donors (Lipinski definition) is 2. The average molecular weight is 343 g/mol. The highest BCUT2D eigenvalue weighted by atomic mass is 35.5. The Morgan fingerprint density at radius 2 is 2.05 bits per heavy atom. The van der Waals surface area contributed by atoms with E-state index in [0.29, 0.717) is 5.69 Å². The summed E-state index contributed by atoms with van der Waals surface area (Å²) in [6.45, 7) is 3.16. The van der Waals surface area contributed by atoms with E-state index in [1.165, 1.54) is 43.6 Å². The van der Waals surface area contributed by atoms with Gasteiger partial charge in [0.15, 0.2) is 0 Å². The van der Waals surface area contributed by atoms with E-state index >= 15 is 0 Å². The predicted octanol–water partition coefficient (Wildman–Crippen LogP) is 2.59. The minimum Gasteiger partial charge on any atom is -0.381 e. The Morgan fingerprint density at radius 1 is 1.32 bits per heavy atom. The molecule has 7 heteroatoms. The number of thioether (sulfide) groups is 1. The monoisotopic (exact) mass is 342 g/mol. The van der Waals surface area contributed by atoms with E-state index in [9.17, 15) is 4.79 Å². The number of H-pyrrole nitrogens is 1. The molecule has 1 saturated carbocycles. The van der Waals surface area contributed by atoms with Gasteiger partial charge in [0.2, 0.25) is 0 Å². The molecule has 2 N–H and O–H groups in total. The van der Waals surface area contributed by atoms with Gasteiger partial charge in [0.25, 0.3) is 5.56 Å². The van der Waals surface area contributed by atoms with Crippen LogP contribution in [0.2, 0.25) is 5.02 Å². The fraction of sp³-hybridized carbons (Fsp3) is 0.733. The Labute approximate surface area is 140 Å². The number of aromatic nitrogens is 2. The molecule has 1 aliphatic carbocycles. The van der Waals surface area contributed by atoms with Crippen LogP contribution in [0.15, 0.2) is 11.0 Å². The number of hydrogen-bond acceptors (Lipinski definition) is 5. The summed E-state index contributed by atoms with van der Waals surface area (Å²) < 4.78 is 0. The average Bonchev–Trinajstić information content (AvgIpc) is 2.58. The van der Waals surface area contributed by atoms with Crippen LogP contribution in [0.3, 0.4) is 0 Å². The summed E-state index contributed by atoms with van der Waals surface area (Å²) in [6, 6.07) is 0. The molecule has 0 aromatic carbocycles. The summed E-state index contributed by atoms with van der Waals surface area (Å²) in [5, 5.41) is 9.81. The first-order chi connectivity index (χ1) is 10.7. The zero-order valence-electron chi connectivity index (χ0n) is 12.7. The minimum absolute atomic E-state index is 0.200. The van der Waals surface area contributed by atoms with Crippen molar-refractivity contribution in [1.29, 1.82) is 0 Å². The van der Waals surface area contributed by atoms with Crippen molar-refractivity contribution >= 4 is 29.1 Å². The molecule has 22 heavy (non-hydrogen) atoms. The van der Waals surface area contributed by atoms with Gasteiger partial charge in [-0.3, -0.25) is 9.69 Å². The fourth-order valence-corrected chi connectivity index (χ4v) is 4.68. The van der Waals surface area contributed by atoms with Gasteiger partial charge in [-0.15, -0.1) is 0 Å². The summed E-state index contributed by atoms with van der Waals surface area (Å²) in [6.07, 6.45) is 7.95. The molecule has 0 unspecified atom stereocenters. The predicted molar refractivity (Wildman–Crippen MR) is 93.1 cm³/mol. The van der Waals surface area contributed by atoms with Gasteiger partial charge >= 0.3 is 0 Å². The van der Waals surface area contributed by atoms with E-state index in [1.807, 2.05) is 11.8 Å². The second-order valence-corrected chi connectivity index (χ2v) is 7.77. The highest BCUT2D eigenvalue weighted by Gasteiger charge is 2.38. The van der Waals surface area contributed by atoms with Crippen molar-refractivity contribution in [1.82, 2.24) is 15.1 Å². The Kier molecular flexibility index (Phi) is 5.31. The summed E-state index contributed by atoms with van der Waals surface area (Å²) in [7, 11) is 0. The van der Waals surface area contributed by atoms with Gasteiger partial charge in [-0.25, -0.2) is 5.10 Å². The first-order valence-electron chi connectivity index (χ1n) is 8.01. The van der Waals surface area contributed by atoms with Crippen LogP contribution in [0.25, 0.3) is 0 Å². The Hall–Kier alpha value is -0.720. The second kappa shape index (κ2) is 7.23. The van der Waals surface area contributed by atoms with Gasteiger partial charge in [-0.2, -0.15) is 16.9 Å². The van der Waals surface area contributed by atoms with Gasteiger partial charge in [0.1, 0.15) is 5.02 Å². The molecule has 0 spiro atoms. The van der Waals surface area contributed by atoms with Crippen LogP contribution in [-0.2, 0) is 0 Å². The molecular weight excluding hydrogens is 320 g/mol. The quantitative estimate of drug-likeness (QED) is 0.880. The van der Waals surface area contributed by atoms with E-state index in [-0.39, 0.29) is 16.1 Å². The van der Waals surface area contributed by atoms with Crippen LogP contribution in [0.1, 0.15) is 32.1 Å². The highest BCUT2D eigenvalue weighted by Crippen LogP contribution is 2.35. The number of anilines is 1. The maximum absolute atomic E-state index is 11.6. The smallest absolute Gasteiger partial charge is 0.285 e. The van der Waals surface area contributed by atoms with Crippen molar-refractivity contribution in [3.63, 3.8) is 0 Å². The van der Waals surface area contributed by atoms with E-state index in [4.69, 9.17) is 11.6 Å². The maximum atomic E-state index is 11.6. The van der Waals surface area contributed by atoms with Crippen molar-refractivity contribution < 1.29 is 0 Å². The third-order valence-electron chi connectivity index (χ3n) is 4.87. The molecule has 0 bridgehead atoms. The zero-order valence-corrected chi connectivity index (χ0v) is 14.3. The van der Waals surface area contributed by atoms with Crippen LogP contribution in [0.4, 0.5) is 5.69 Å². The molecule has 1 saturated heterocycles. The van der Waals surface area contributed by atoms with E-state index in [0.717, 1.165) is 19.6 Å². The molecule has 3 rings (SSSR count). The van der Waals surface area contributed by atoms with E-state index in [1.54, 1.807) is 6.20 Å². The van der Waals surface area contributed by atoms with Gasteiger partial charge in [-0.05, 0) is 12.8 Å². The number of rotatable bonds is 4. The van der Waals surface area contributed by atoms with Crippen molar-refractivity contribution in [3.05, 3.63) is 21.6 Å². The maximum Gasteiger partial charge on any atom is 0.285 e. The minimum atomic E-state index is -0.335. The highest BCUT2D eigenvalue weighted by molar-refractivity contribution is 7.99. The Morgan fingerprint density at radius 3 is 2.77 bits per heavy atom. The summed E-state index contributed by atoms with van der Waals surface area (Å²) in [5.41, 5.74) is 0.506. The van der Waals surface area contributed by atoms with Gasteiger partial charge in [0.05, 0.1) is 11.9 Å². The van der Waals surface area contributed by atoms with E-state index < -0.39 is 0 Å². The molecule has 2 heterocycles. The van der Waals surface area contributed by atoms with Crippen molar-refractivity contribution in [2.75, 3.05) is 36.5 Å². The van der Waals surface area contributed by atoms with Crippen molar-refractivity contribution in [3.8, 4) is 0 Å². The molecule has 1 aromatic heterocycles. The van der Waals surface area contributed by atoms with Crippen LogP contribution < -0.4 is 10.9 Å². The molecule has 0 radical (unpaired) electrons. The third kappa shape index (κ3) is 3.44. The normalized spacial score (nSPS) is 22.4. The number of halogens is 1. The summed E-state index contributed by atoms with van der Waals surface area (Å²) in [4.78, 5) is 14.2. The van der Waals surface area contributed by atoms with Crippen LogP contribution in [0, 0.1) is 0 Å². The van der Waals surface area contributed by atoms with Crippen LogP contribution in [0.5, 0.6) is 0 Å². The number of nitrogens with one attached hydrogen (secondary N) is 2. The lowest BCUT2D eigenvalue weighted by Crippen LogP contribution is -2.57. The first-order valence-corrected chi connectivity index (χ1v) is 9.54. The Balaban J connectivity index is 1.75. The zero-order chi connectivity index (χ0) is 15.4. The SMILES string of the molecule is O=c1[nH]ncc(NCC2(N3CCSCC3)CCCCC2)c1Cl. The summed E-state index contributed by atoms with van der Waals surface area (Å²) >= 11 is 8.12. The molecule has 1 aromatic rings. The third-order valence-corrected chi connectivity index (χ3v) is 6.19. The fourth-order valence-electron chi connectivity index (χ4n) is 3.62. The molecule has 0 amide bonds. The molecule has 122 valence electrons. The molecule has 0 atom stereocenters. The van der Waals surface area contributed by atoms with Gasteiger partial charge in [-0.1, -0.05) is 30.9 Å². The van der Waals surface area contributed by atoms with Gasteiger partial charge < -0.3 is 5.32 Å². The number of aromatic amines is 1. The molecule has 5 nitrogen and oxygen atoms in total. The Bertz CT molecular complexity index is 553. The van der Waals surface area contributed by atoms with Crippen molar-refractivity contribution in [2.45, 2.75) is 37.6 Å². The standard InChI is InChI=1S/C15H23ClN4OS/c16-13-12(10-18-19-14(13)21)17-11-15(4-2-1-3-5-15)20-6-8-22-9-7-20/h10H,1-9,11H2,(H2,17,19,21). The molecule has 2 fully saturated rings. The lowest BCUT2D eigenvalue weighted by Gasteiger charge is -2.48. The molecular formula is C15H23ClN4OS. The van der Waals surface area contributed by atoms with Crippen LogP contribution in [-0.4, -0.2) is 51.8 Å². The topological polar surface area (TPSA) is 61.0 Å². The largest absolute Gasteiger partial charge is 0.381 e. The second-order valence-electron chi connectivity index (χ2n) is 6.16. The van der Waals surface area contributed by atoms with Gasteiger partial charge in [0, 0.05) is 36.7 Å². The first kappa shape index (κ1) is 16.1. The van der Waals surface area contributed by atoms with Crippen LogP contribution >= 0.6 is 23.4 Å². The molecule has 2 aliphatic rings. The van der Waals surface area contributed by atoms with Crippen molar-refractivity contribution in [2.24, 2.45) is 0 Å². The summed E-state index contributed by atoms with van der Waals surface area (Å²) in [5.74, 6) is 2.43.